The molecule has 226 valence electrons. The third-order valence-electron chi connectivity index (χ3n) is 6.24. The summed E-state index contributed by atoms with van der Waals surface area (Å²) in [5.41, 5.74) is 1.26. The summed E-state index contributed by atoms with van der Waals surface area (Å²) < 4.78 is 0. The monoisotopic (exact) mass is 655 g/mol. The number of amides is 3. The van der Waals surface area contributed by atoms with Gasteiger partial charge in [-0.05, 0) is 60.8 Å². The zero-order valence-corrected chi connectivity index (χ0v) is 26.1. The molecule has 3 N–H and O–H groups in total. The minimum atomic E-state index is -0.685. The highest BCUT2D eigenvalue weighted by molar-refractivity contribution is 8.00. The van der Waals surface area contributed by atoms with Crippen LogP contribution >= 0.6 is 34.4 Å². The third kappa shape index (κ3) is 8.29. The van der Waals surface area contributed by atoms with Crippen LogP contribution in [0.3, 0.4) is 0 Å². The standard InChI is InChI=1S/C32H25N5O5S3/c1-20(29(38)36-32-35-26(19-44-32)28-15-8-16-43-28)45-24-13-7-12-23(18-24)33-31(40)25(34-30(39)21-9-3-2-4-10-21)17-22-11-5-6-14-27(22)37(41)42/h2-20H,1H3,(H,33,40)(H,34,39)(H,35,36,38)/b25-17+. The highest BCUT2D eigenvalue weighted by Crippen LogP contribution is 2.30. The molecule has 0 radical (unpaired) electrons. The van der Waals surface area contributed by atoms with Gasteiger partial charge >= 0.3 is 0 Å². The van der Waals surface area contributed by atoms with Crippen molar-refractivity contribution in [3.63, 3.8) is 0 Å². The Bertz CT molecular complexity index is 1870. The number of thiophene rings is 1. The Hall–Kier alpha value is -5.11. The van der Waals surface area contributed by atoms with Crippen molar-refractivity contribution in [3.05, 3.63) is 129 Å². The molecule has 0 saturated carbocycles. The lowest BCUT2D eigenvalue weighted by atomic mass is 10.1. The molecule has 2 aromatic heterocycles. The summed E-state index contributed by atoms with van der Waals surface area (Å²) in [4.78, 5) is 56.6. The summed E-state index contributed by atoms with van der Waals surface area (Å²) in [6, 6.07) is 25.0. The summed E-state index contributed by atoms with van der Waals surface area (Å²) >= 11 is 4.22. The molecule has 5 rings (SSSR count). The molecule has 5 aromatic rings. The number of anilines is 2. The van der Waals surface area contributed by atoms with Crippen molar-refractivity contribution in [2.45, 2.75) is 17.1 Å². The Kier molecular flexibility index (Phi) is 10.1. The maximum Gasteiger partial charge on any atom is 0.276 e. The van der Waals surface area contributed by atoms with E-state index in [1.807, 2.05) is 29.0 Å². The largest absolute Gasteiger partial charge is 0.321 e. The number of carbonyl (C=O) groups is 3. The van der Waals surface area contributed by atoms with Gasteiger partial charge in [-0.1, -0.05) is 42.5 Å². The Morgan fingerprint density at radius 1 is 0.933 bits per heavy atom. The van der Waals surface area contributed by atoms with E-state index in [0.29, 0.717) is 21.3 Å². The molecule has 3 amide bonds. The van der Waals surface area contributed by atoms with Gasteiger partial charge < -0.3 is 16.0 Å². The van der Waals surface area contributed by atoms with Crippen molar-refractivity contribution in [2.75, 3.05) is 10.6 Å². The maximum atomic E-state index is 13.5. The number of hydrogen-bond donors (Lipinski definition) is 3. The minimum Gasteiger partial charge on any atom is -0.321 e. The lowest BCUT2D eigenvalue weighted by Crippen LogP contribution is -2.30. The van der Waals surface area contributed by atoms with Crippen LogP contribution in [0.15, 0.2) is 112 Å². The van der Waals surface area contributed by atoms with E-state index in [4.69, 9.17) is 0 Å². The van der Waals surface area contributed by atoms with E-state index < -0.39 is 22.0 Å². The molecule has 0 bridgehead atoms. The normalized spacial score (nSPS) is 11.8. The number of nitro benzene ring substituents is 1. The van der Waals surface area contributed by atoms with Gasteiger partial charge in [0.1, 0.15) is 5.70 Å². The lowest BCUT2D eigenvalue weighted by Gasteiger charge is -2.13. The number of rotatable bonds is 11. The molecule has 2 heterocycles. The highest BCUT2D eigenvalue weighted by Gasteiger charge is 2.20. The Labute approximate surface area is 270 Å². The zero-order valence-electron chi connectivity index (χ0n) is 23.6. The Balaban J connectivity index is 1.29. The highest BCUT2D eigenvalue weighted by atomic mass is 32.2. The number of thioether (sulfide) groups is 1. The molecule has 0 spiro atoms. The third-order valence-corrected chi connectivity index (χ3v) is 8.99. The molecule has 1 unspecified atom stereocenters. The van der Waals surface area contributed by atoms with Crippen LogP contribution in [-0.4, -0.2) is 32.9 Å². The summed E-state index contributed by atoms with van der Waals surface area (Å²) in [7, 11) is 0. The topological polar surface area (TPSA) is 143 Å². The van der Waals surface area contributed by atoms with E-state index in [2.05, 4.69) is 20.9 Å². The molecule has 0 aliphatic carbocycles. The second-order valence-electron chi connectivity index (χ2n) is 9.44. The van der Waals surface area contributed by atoms with E-state index in [9.17, 15) is 24.5 Å². The van der Waals surface area contributed by atoms with E-state index in [1.165, 1.54) is 47.4 Å². The van der Waals surface area contributed by atoms with Crippen LogP contribution in [0.4, 0.5) is 16.5 Å². The number of para-hydroxylation sites is 1. The molecule has 0 aliphatic rings. The molecule has 3 aromatic carbocycles. The van der Waals surface area contributed by atoms with Crippen LogP contribution in [0, 0.1) is 10.1 Å². The first kappa shape index (κ1) is 31.3. The van der Waals surface area contributed by atoms with E-state index >= 15 is 0 Å². The van der Waals surface area contributed by atoms with Crippen LogP contribution in [-0.2, 0) is 9.59 Å². The average molecular weight is 656 g/mol. The number of hydrogen-bond acceptors (Lipinski definition) is 9. The zero-order chi connectivity index (χ0) is 31.8. The van der Waals surface area contributed by atoms with Gasteiger partial charge in [-0.3, -0.25) is 24.5 Å². The number of nitro groups is 1. The Morgan fingerprint density at radius 3 is 2.47 bits per heavy atom. The van der Waals surface area contributed by atoms with Gasteiger partial charge in [-0.25, -0.2) is 4.98 Å². The van der Waals surface area contributed by atoms with Gasteiger partial charge in [0.25, 0.3) is 17.5 Å². The second kappa shape index (κ2) is 14.6. The molecule has 1 atom stereocenters. The van der Waals surface area contributed by atoms with Crippen LogP contribution < -0.4 is 16.0 Å². The first-order valence-corrected chi connectivity index (χ1v) is 16.1. The predicted molar refractivity (Wildman–Crippen MR) is 179 cm³/mol. The summed E-state index contributed by atoms with van der Waals surface area (Å²) in [6.45, 7) is 1.77. The molecule has 13 heteroatoms. The van der Waals surface area contributed by atoms with E-state index in [0.717, 1.165) is 10.6 Å². The quantitative estimate of drug-likeness (QED) is 0.0586. The van der Waals surface area contributed by atoms with Gasteiger partial charge in [0.15, 0.2) is 5.13 Å². The molecule has 0 aliphatic heterocycles. The minimum absolute atomic E-state index is 0.146. The summed E-state index contributed by atoms with van der Waals surface area (Å²) in [6.07, 6.45) is 1.27. The number of aromatic nitrogens is 1. The van der Waals surface area contributed by atoms with E-state index in [-0.39, 0.29) is 22.9 Å². The molecule has 45 heavy (non-hydrogen) atoms. The number of thiazole rings is 1. The van der Waals surface area contributed by atoms with Crippen molar-refractivity contribution >= 4 is 74.7 Å². The van der Waals surface area contributed by atoms with Gasteiger partial charge in [0.05, 0.1) is 26.3 Å². The van der Waals surface area contributed by atoms with Crippen molar-refractivity contribution < 1.29 is 19.3 Å². The fourth-order valence-corrected chi connectivity index (χ4v) is 6.45. The first-order chi connectivity index (χ1) is 21.8. The fourth-order valence-electron chi connectivity index (χ4n) is 4.05. The van der Waals surface area contributed by atoms with Crippen molar-refractivity contribution in [3.8, 4) is 10.6 Å². The van der Waals surface area contributed by atoms with Crippen LogP contribution in [0.5, 0.6) is 0 Å². The number of carbonyl (C=O) groups excluding carboxylic acids is 3. The summed E-state index contributed by atoms with van der Waals surface area (Å²) in [5, 5.41) is 23.7. The SMILES string of the molecule is CC(Sc1cccc(NC(=O)/C(=C\c2ccccc2[N+](=O)[O-])NC(=O)c2ccccc2)c1)C(=O)Nc1nc(-c2cccs2)cs1. The van der Waals surface area contributed by atoms with Crippen molar-refractivity contribution in [1.82, 2.24) is 10.3 Å². The molecular formula is C32H25N5O5S3. The van der Waals surface area contributed by atoms with Crippen molar-refractivity contribution in [1.29, 1.82) is 0 Å². The predicted octanol–water partition coefficient (Wildman–Crippen LogP) is 7.31. The summed E-state index contributed by atoms with van der Waals surface area (Å²) in [5.74, 6) is -1.46. The number of nitrogens with one attached hydrogen (secondary N) is 3. The smallest absolute Gasteiger partial charge is 0.276 e. The average Bonchev–Trinajstić information content (AvgIpc) is 3.74. The van der Waals surface area contributed by atoms with Crippen LogP contribution in [0.2, 0.25) is 0 Å². The number of nitrogens with zero attached hydrogens (tertiary/aromatic N) is 2. The Morgan fingerprint density at radius 2 is 1.71 bits per heavy atom. The number of benzene rings is 3. The maximum absolute atomic E-state index is 13.5. The van der Waals surface area contributed by atoms with Crippen molar-refractivity contribution in [2.24, 2.45) is 0 Å². The first-order valence-electron chi connectivity index (χ1n) is 13.5. The van der Waals surface area contributed by atoms with Gasteiger partial charge in [0, 0.05) is 27.6 Å². The molecule has 0 fully saturated rings. The van der Waals surface area contributed by atoms with Gasteiger partial charge in [0.2, 0.25) is 5.91 Å². The molecule has 10 nitrogen and oxygen atoms in total. The molecular weight excluding hydrogens is 631 g/mol. The van der Waals surface area contributed by atoms with Crippen LogP contribution in [0.25, 0.3) is 16.6 Å². The van der Waals surface area contributed by atoms with E-state index in [1.54, 1.807) is 72.9 Å². The van der Waals surface area contributed by atoms with Gasteiger partial charge in [-0.15, -0.1) is 34.4 Å². The molecule has 0 saturated heterocycles. The van der Waals surface area contributed by atoms with Gasteiger partial charge in [-0.2, -0.15) is 0 Å². The lowest BCUT2D eigenvalue weighted by molar-refractivity contribution is -0.385. The van der Waals surface area contributed by atoms with Crippen LogP contribution in [0.1, 0.15) is 22.8 Å². The fraction of sp³-hybridized carbons (Fsp3) is 0.0625. The second-order valence-corrected chi connectivity index (χ2v) is 12.7.